The van der Waals surface area contributed by atoms with Gasteiger partial charge in [-0.05, 0) is 61.4 Å². The molecule has 4 aromatic rings. The number of nitrogens with one attached hydrogen (secondary N) is 1. The minimum atomic E-state index is -4.19. The molecule has 0 saturated heterocycles. The van der Waals surface area contributed by atoms with Crippen molar-refractivity contribution in [2.24, 2.45) is 0 Å². The summed E-state index contributed by atoms with van der Waals surface area (Å²) in [5, 5.41) is 2.96. The summed E-state index contributed by atoms with van der Waals surface area (Å²) in [4.78, 5) is 29.7. The number of hydrogen-bond donors (Lipinski definition) is 1. The normalized spacial score (nSPS) is 11.9. The summed E-state index contributed by atoms with van der Waals surface area (Å²) >= 11 is 3.50. The molecule has 0 radical (unpaired) electrons. The van der Waals surface area contributed by atoms with Gasteiger partial charge in [-0.15, -0.1) is 0 Å². The van der Waals surface area contributed by atoms with Crippen LogP contribution in [-0.4, -0.2) is 50.9 Å². The molecule has 4 aromatic carbocycles. The third-order valence-corrected chi connectivity index (χ3v) is 9.18. The highest BCUT2D eigenvalue weighted by molar-refractivity contribution is 9.10. The molecule has 1 N–H and O–H groups in total. The standard InChI is InChI=1S/C34H36BrN3O5S/c1-25(2)36-34(40)32(21-26-12-6-4-7-13-26)37(23-27-14-10-15-28(35)20-27)33(39)24-38(29-16-11-17-30(22-29)43-3)44(41,42)31-18-8-5-9-19-31/h4-20,22,25,32H,21,23-24H2,1-3H3,(H,36,40)/t32-/m0/s1. The van der Waals surface area contributed by atoms with Crippen LogP contribution < -0.4 is 14.4 Å². The monoisotopic (exact) mass is 677 g/mol. The van der Waals surface area contributed by atoms with Crippen molar-refractivity contribution in [1.82, 2.24) is 10.2 Å². The second kappa shape index (κ2) is 15.0. The van der Waals surface area contributed by atoms with Gasteiger partial charge in [-0.3, -0.25) is 13.9 Å². The van der Waals surface area contributed by atoms with Gasteiger partial charge >= 0.3 is 0 Å². The number of carbonyl (C=O) groups is 2. The maximum atomic E-state index is 14.5. The Morgan fingerprint density at radius 1 is 0.841 bits per heavy atom. The summed E-state index contributed by atoms with van der Waals surface area (Å²) < 4.78 is 35.4. The molecule has 0 unspecified atom stereocenters. The van der Waals surface area contributed by atoms with Crippen molar-refractivity contribution in [3.63, 3.8) is 0 Å². The molecule has 10 heteroatoms. The number of amides is 2. The first-order valence-corrected chi connectivity index (χ1v) is 16.4. The van der Waals surface area contributed by atoms with Crippen molar-refractivity contribution in [1.29, 1.82) is 0 Å². The van der Waals surface area contributed by atoms with Crippen LogP contribution in [0.4, 0.5) is 5.69 Å². The molecular weight excluding hydrogens is 642 g/mol. The van der Waals surface area contributed by atoms with Crippen LogP contribution >= 0.6 is 15.9 Å². The molecule has 0 bridgehead atoms. The highest BCUT2D eigenvalue weighted by Gasteiger charge is 2.35. The van der Waals surface area contributed by atoms with E-state index in [9.17, 15) is 18.0 Å². The van der Waals surface area contributed by atoms with Crippen LogP contribution in [0.25, 0.3) is 0 Å². The molecular formula is C34H36BrN3O5S. The predicted octanol–water partition coefficient (Wildman–Crippen LogP) is 5.82. The van der Waals surface area contributed by atoms with Crippen LogP contribution in [0, 0.1) is 0 Å². The Balaban J connectivity index is 1.81. The molecule has 4 rings (SSSR count). The molecule has 230 valence electrons. The van der Waals surface area contributed by atoms with Crippen molar-refractivity contribution in [2.45, 2.75) is 43.8 Å². The predicted molar refractivity (Wildman–Crippen MR) is 176 cm³/mol. The molecule has 0 saturated carbocycles. The minimum absolute atomic E-state index is 0.0348. The third-order valence-electron chi connectivity index (χ3n) is 6.90. The lowest BCUT2D eigenvalue weighted by Crippen LogP contribution is -2.54. The van der Waals surface area contributed by atoms with E-state index in [4.69, 9.17) is 4.74 Å². The van der Waals surface area contributed by atoms with Crippen molar-refractivity contribution in [3.8, 4) is 5.75 Å². The first-order valence-electron chi connectivity index (χ1n) is 14.2. The number of hydrogen-bond acceptors (Lipinski definition) is 5. The van der Waals surface area contributed by atoms with Gasteiger partial charge in [-0.1, -0.05) is 82.7 Å². The van der Waals surface area contributed by atoms with Crippen molar-refractivity contribution in [3.05, 3.63) is 125 Å². The van der Waals surface area contributed by atoms with Crippen LogP contribution in [-0.2, 0) is 32.6 Å². The van der Waals surface area contributed by atoms with E-state index in [1.807, 2.05) is 68.4 Å². The van der Waals surface area contributed by atoms with Crippen LogP contribution in [0.3, 0.4) is 0 Å². The summed E-state index contributed by atoms with van der Waals surface area (Å²) in [5.74, 6) is -0.425. The quantitative estimate of drug-likeness (QED) is 0.193. The maximum absolute atomic E-state index is 14.5. The van der Waals surface area contributed by atoms with Crippen molar-refractivity contribution < 1.29 is 22.7 Å². The number of halogens is 1. The Kier molecular flexibility index (Phi) is 11.2. The molecule has 1 atom stereocenters. The number of ether oxygens (including phenoxy) is 1. The van der Waals surface area contributed by atoms with Crippen molar-refractivity contribution in [2.75, 3.05) is 18.0 Å². The lowest BCUT2D eigenvalue weighted by Gasteiger charge is -2.34. The SMILES string of the molecule is COc1cccc(N(CC(=O)N(Cc2cccc(Br)c2)[C@@H](Cc2ccccc2)C(=O)NC(C)C)S(=O)(=O)c2ccccc2)c1. The number of carbonyl (C=O) groups excluding carboxylic acids is 2. The zero-order chi connectivity index (χ0) is 31.7. The summed E-state index contributed by atoms with van der Waals surface area (Å²) in [6.45, 7) is 3.25. The molecule has 0 fully saturated rings. The highest BCUT2D eigenvalue weighted by atomic mass is 79.9. The van der Waals surface area contributed by atoms with Gasteiger partial charge in [0.15, 0.2) is 0 Å². The molecule has 0 aliphatic carbocycles. The Hall–Kier alpha value is -4.15. The topological polar surface area (TPSA) is 96.0 Å². The van der Waals surface area contributed by atoms with Gasteiger partial charge < -0.3 is 15.0 Å². The zero-order valence-corrected chi connectivity index (χ0v) is 27.3. The summed E-state index contributed by atoms with van der Waals surface area (Å²) in [6, 6.07) is 30.3. The smallest absolute Gasteiger partial charge is 0.264 e. The molecule has 0 aromatic heterocycles. The van der Waals surface area contributed by atoms with Crippen LogP contribution in [0.2, 0.25) is 0 Å². The van der Waals surface area contributed by atoms with E-state index in [0.29, 0.717) is 5.75 Å². The second-order valence-corrected chi connectivity index (χ2v) is 13.3. The molecule has 0 spiro atoms. The van der Waals surface area contributed by atoms with Gasteiger partial charge in [-0.2, -0.15) is 0 Å². The number of sulfonamides is 1. The average Bonchev–Trinajstić information content (AvgIpc) is 3.02. The zero-order valence-electron chi connectivity index (χ0n) is 24.9. The minimum Gasteiger partial charge on any atom is -0.497 e. The number of anilines is 1. The first-order chi connectivity index (χ1) is 21.1. The van der Waals surface area contributed by atoms with E-state index in [2.05, 4.69) is 21.2 Å². The number of benzene rings is 4. The fourth-order valence-corrected chi connectivity index (χ4v) is 6.65. The van der Waals surface area contributed by atoms with Gasteiger partial charge in [0.2, 0.25) is 11.8 Å². The Labute approximate surface area is 267 Å². The van der Waals surface area contributed by atoms with E-state index in [1.165, 1.54) is 24.1 Å². The molecule has 2 amide bonds. The van der Waals surface area contributed by atoms with Gasteiger partial charge in [0, 0.05) is 29.5 Å². The molecule has 0 aliphatic rings. The van der Waals surface area contributed by atoms with Gasteiger partial charge in [-0.25, -0.2) is 8.42 Å². The molecule has 0 aliphatic heterocycles. The molecule has 0 heterocycles. The summed E-state index contributed by atoms with van der Waals surface area (Å²) in [5.41, 5.74) is 1.90. The second-order valence-electron chi connectivity index (χ2n) is 10.5. The Morgan fingerprint density at radius 2 is 1.48 bits per heavy atom. The van der Waals surface area contributed by atoms with Gasteiger partial charge in [0.1, 0.15) is 18.3 Å². The summed E-state index contributed by atoms with van der Waals surface area (Å²) in [6.07, 6.45) is 0.240. The van der Waals surface area contributed by atoms with Crippen LogP contribution in [0.5, 0.6) is 5.75 Å². The number of nitrogens with zero attached hydrogens (tertiary/aromatic N) is 2. The fraction of sp³-hybridized carbons (Fsp3) is 0.235. The first kappa shape index (κ1) is 32.8. The molecule has 44 heavy (non-hydrogen) atoms. The Morgan fingerprint density at radius 3 is 2.11 bits per heavy atom. The molecule has 8 nitrogen and oxygen atoms in total. The fourth-order valence-electron chi connectivity index (χ4n) is 4.78. The van der Waals surface area contributed by atoms with Gasteiger partial charge in [0.05, 0.1) is 17.7 Å². The largest absolute Gasteiger partial charge is 0.497 e. The maximum Gasteiger partial charge on any atom is 0.264 e. The van der Waals surface area contributed by atoms with Crippen LogP contribution in [0.15, 0.2) is 119 Å². The van der Waals surface area contributed by atoms with Gasteiger partial charge in [0.25, 0.3) is 10.0 Å². The van der Waals surface area contributed by atoms with E-state index >= 15 is 0 Å². The lowest BCUT2D eigenvalue weighted by atomic mass is 10.0. The van der Waals surface area contributed by atoms with E-state index in [-0.39, 0.29) is 35.5 Å². The summed E-state index contributed by atoms with van der Waals surface area (Å²) in [7, 11) is -2.70. The van der Waals surface area contributed by atoms with Crippen molar-refractivity contribution >= 4 is 43.5 Å². The number of methoxy groups -OCH3 is 1. The Bertz CT molecular complexity index is 1670. The third kappa shape index (κ3) is 8.48. The average molecular weight is 679 g/mol. The lowest BCUT2D eigenvalue weighted by molar-refractivity contribution is -0.140. The number of rotatable bonds is 13. The highest BCUT2D eigenvalue weighted by Crippen LogP contribution is 2.28. The van der Waals surface area contributed by atoms with Crippen LogP contribution in [0.1, 0.15) is 25.0 Å². The van der Waals surface area contributed by atoms with E-state index < -0.39 is 28.5 Å². The van der Waals surface area contributed by atoms with E-state index in [0.717, 1.165) is 19.9 Å². The van der Waals surface area contributed by atoms with E-state index in [1.54, 1.807) is 42.5 Å².